The number of hydrogen-bond acceptors (Lipinski definition) is 3. The Kier molecular flexibility index (Phi) is 2.87. The minimum atomic E-state index is -1.54. The summed E-state index contributed by atoms with van der Waals surface area (Å²) in [5.41, 5.74) is -0.593. The summed E-state index contributed by atoms with van der Waals surface area (Å²) >= 11 is 0. The average Bonchev–Trinajstić information content (AvgIpc) is 2.51. The summed E-state index contributed by atoms with van der Waals surface area (Å²) in [6, 6.07) is -0.787. The summed E-state index contributed by atoms with van der Waals surface area (Å²) in [7, 11) is 0. The van der Waals surface area contributed by atoms with Gasteiger partial charge in [-0.05, 0) is 33.6 Å². The van der Waals surface area contributed by atoms with Crippen LogP contribution in [0.1, 0.15) is 40.0 Å². The van der Waals surface area contributed by atoms with Gasteiger partial charge in [0.2, 0.25) is 0 Å². The Labute approximate surface area is 100 Å². The second-order valence-electron chi connectivity index (χ2n) is 5.76. The molecule has 2 unspecified atom stereocenters. The Morgan fingerprint density at radius 2 is 2.06 bits per heavy atom. The molecule has 2 bridgehead atoms. The van der Waals surface area contributed by atoms with Crippen LogP contribution in [0.25, 0.3) is 0 Å². The number of alkyl halides is 1. The van der Waals surface area contributed by atoms with Crippen molar-refractivity contribution < 1.29 is 18.7 Å². The van der Waals surface area contributed by atoms with Crippen molar-refractivity contribution in [2.24, 2.45) is 0 Å². The zero-order chi connectivity index (χ0) is 12.8. The molecule has 2 aliphatic heterocycles. The molecular formula is C12H18FNO3. The molecule has 0 aliphatic carbocycles. The fourth-order valence-electron chi connectivity index (χ4n) is 2.56. The van der Waals surface area contributed by atoms with E-state index in [4.69, 9.17) is 4.74 Å². The second kappa shape index (κ2) is 3.96. The first kappa shape index (κ1) is 12.3. The van der Waals surface area contributed by atoms with Gasteiger partial charge in [0, 0.05) is 12.5 Å². The molecule has 0 radical (unpaired) electrons. The summed E-state index contributed by atoms with van der Waals surface area (Å²) in [5, 5.41) is 0. The van der Waals surface area contributed by atoms with Gasteiger partial charge in [0.15, 0.2) is 12.0 Å². The molecule has 4 nitrogen and oxygen atoms in total. The van der Waals surface area contributed by atoms with Crippen LogP contribution < -0.4 is 0 Å². The molecule has 1 amide bonds. The monoisotopic (exact) mass is 243 g/mol. The highest BCUT2D eigenvalue weighted by Gasteiger charge is 2.50. The molecule has 2 fully saturated rings. The molecule has 2 saturated heterocycles. The van der Waals surface area contributed by atoms with Crippen molar-refractivity contribution in [1.29, 1.82) is 0 Å². The highest BCUT2D eigenvalue weighted by atomic mass is 19.1. The molecular weight excluding hydrogens is 225 g/mol. The van der Waals surface area contributed by atoms with Crippen molar-refractivity contribution >= 4 is 11.9 Å². The predicted molar refractivity (Wildman–Crippen MR) is 59.4 cm³/mol. The number of halogens is 1. The van der Waals surface area contributed by atoms with E-state index in [-0.39, 0.29) is 18.2 Å². The van der Waals surface area contributed by atoms with Crippen LogP contribution >= 0.6 is 0 Å². The second-order valence-corrected chi connectivity index (χ2v) is 5.76. The number of ether oxygens (including phenoxy) is 1. The first-order valence-corrected chi connectivity index (χ1v) is 5.98. The molecule has 0 aromatic rings. The van der Waals surface area contributed by atoms with Crippen LogP contribution in [0.15, 0.2) is 0 Å². The summed E-state index contributed by atoms with van der Waals surface area (Å²) in [6.45, 7) is 5.32. The van der Waals surface area contributed by atoms with E-state index < -0.39 is 23.9 Å². The number of piperidine rings is 1. The zero-order valence-electron chi connectivity index (χ0n) is 10.4. The van der Waals surface area contributed by atoms with E-state index in [2.05, 4.69) is 0 Å². The lowest BCUT2D eigenvalue weighted by atomic mass is 10.0. The summed E-state index contributed by atoms with van der Waals surface area (Å²) in [6.07, 6.45) is -0.675. The van der Waals surface area contributed by atoms with Crippen molar-refractivity contribution in [3.63, 3.8) is 0 Å². The number of amides is 1. The average molecular weight is 243 g/mol. The quantitative estimate of drug-likeness (QED) is 0.654. The minimum Gasteiger partial charge on any atom is -0.444 e. The van der Waals surface area contributed by atoms with E-state index in [0.717, 1.165) is 0 Å². The van der Waals surface area contributed by atoms with E-state index in [0.29, 0.717) is 12.8 Å². The molecule has 2 aliphatic rings. The maximum Gasteiger partial charge on any atom is 0.410 e. The highest BCUT2D eigenvalue weighted by Crippen LogP contribution is 2.36. The van der Waals surface area contributed by atoms with Crippen molar-refractivity contribution in [2.45, 2.75) is 63.9 Å². The third-order valence-corrected chi connectivity index (χ3v) is 3.23. The van der Waals surface area contributed by atoms with Gasteiger partial charge in [0.1, 0.15) is 5.60 Å². The third kappa shape index (κ3) is 2.28. The zero-order valence-corrected chi connectivity index (χ0v) is 10.4. The predicted octanol–water partition coefficient (Wildman–Crippen LogP) is 2.07. The van der Waals surface area contributed by atoms with E-state index in [1.54, 1.807) is 20.8 Å². The van der Waals surface area contributed by atoms with Crippen LogP contribution in [0.4, 0.5) is 9.18 Å². The number of ketones is 1. The third-order valence-electron chi connectivity index (χ3n) is 3.23. The molecule has 96 valence electrons. The van der Waals surface area contributed by atoms with E-state index in [1.807, 2.05) is 0 Å². The molecule has 17 heavy (non-hydrogen) atoms. The van der Waals surface area contributed by atoms with E-state index >= 15 is 0 Å². The van der Waals surface area contributed by atoms with Crippen molar-refractivity contribution in [3.05, 3.63) is 0 Å². The molecule has 3 atom stereocenters. The highest BCUT2D eigenvalue weighted by molar-refractivity contribution is 5.87. The Morgan fingerprint density at radius 3 is 2.65 bits per heavy atom. The molecule has 2 heterocycles. The standard InChI is InChI=1S/C12H18FNO3/c1-12(2,3)17-11(16)14-7-4-5-8(14)10(13)9(15)6-7/h7-8,10H,4-6H2,1-3H3/t7?,8?,10-/m0/s1. The number of carbonyl (C=O) groups is 2. The Morgan fingerprint density at radius 1 is 1.41 bits per heavy atom. The van der Waals surface area contributed by atoms with Gasteiger partial charge in [-0.3, -0.25) is 9.69 Å². The maximum atomic E-state index is 13.7. The number of rotatable bonds is 0. The number of hydrogen-bond donors (Lipinski definition) is 0. The first-order chi connectivity index (χ1) is 7.79. The van der Waals surface area contributed by atoms with Crippen LogP contribution in [-0.4, -0.2) is 40.6 Å². The van der Waals surface area contributed by atoms with Crippen LogP contribution in [0.3, 0.4) is 0 Å². The number of Topliss-reactive ketones (excluding diaryl/α,β-unsaturated/α-hetero) is 1. The number of nitrogens with zero attached hydrogens (tertiary/aromatic N) is 1. The lowest BCUT2D eigenvalue weighted by molar-refractivity contribution is -0.130. The summed E-state index contributed by atoms with van der Waals surface area (Å²) < 4.78 is 19.0. The van der Waals surface area contributed by atoms with E-state index in [1.165, 1.54) is 4.90 Å². The van der Waals surface area contributed by atoms with Gasteiger partial charge in [-0.1, -0.05) is 0 Å². The molecule has 0 saturated carbocycles. The molecule has 0 aromatic carbocycles. The van der Waals surface area contributed by atoms with Crippen LogP contribution in [-0.2, 0) is 9.53 Å². The largest absolute Gasteiger partial charge is 0.444 e. The SMILES string of the molecule is CC(C)(C)OC(=O)N1C2CCC1[C@H](F)C(=O)C2. The number of fused-ring (bicyclic) bond motifs is 2. The first-order valence-electron chi connectivity index (χ1n) is 5.98. The van der Waals surface area contributed by atoms with Crippen LogP contribution in [0.2, 0.25) is 0 Å². The van der Waals surface area contributed by atoms with Crippen molar-refractivity contribution in [3.8, 4) is 0 Å². The Bertz CT molecular complexity index is 350. The van der Waals surface area contributed by atoms with Gasteiger partial charge in [0.05, 0.1) is 6.04 Å². The smallest absolute Gasteiger partial charge is 0.410 e. The number of carbonyl (C=O) groups excluding carboxylic acids is 2. The van der Waals surface area contributed by atoms with E-state index in [9.17, 15) is 14.0 Å². The topological polar surface area (TPSA) is 46.6 Å². The summed E-state index contributed by atoms with van der Waals surface area (Å²) in [5.74, 6) is -0.377. The molecule has 5 heteroatoms. The molecule has 0 spiro atoms. The minimum absolute atomic E-state index is 0.122. The van der Waals surface area contributed by atoms with Crippen LogP contribution in [0, 0.1) is 0 Å². The van der Waals surface area contributed by atoms with Crippen LogP contribution in [0.5, 0.6) is 0 Å². The fourth-order valence-corrected chi connectivity index (χ4v) is 2.56. The summed E-state index contributed by atoms with van der Waals surface area (Å²) in [4.78, 5) is 24.7. The maximum absolute atomic E-state index is 13.7. The Balaban J connectivity index is 2.12. The molecule has 0 N–H and O–H groups in total. The van der Waals surface area contributed by atoms with Gasteiger partial charge >= 0.3 is 6.09 Å². The molecule has 2 rings (SSSR count). The normalized spacial score (nSPS) is 32.8. The Hall–Kier alpha value is -1.13. The van der Waals surface area contributed by atoms with Gasteiger partial charge < -0.3 is 4.74 Å². The molecule has 0 aromatic heterocycles. The lowest BCUT2D eigenvalue weighted by Gasteiger charge is -2.36. The van der Waals surface area contributed by atoms with Crippen molar-refractivity contribution in [2.75, 3.05) is 0 Å². The van der Waals surface area contributed by atoms with Crippen molar-refractivity contribution in [1.82, 2.24) is 4.90 Å². The van der Waals surface area contributed by atoms with Gasteiger partial charge in [-0.25, -0.2) is 9.18 Å². The van der Waals surface area contributed by atoms with Gasteiger partial charge in [-0.2, -0.15) is 0 Å². The van der Waals surface area contributed by atoms with Gasteiger partial charge in [0.25, 0.3) is 0 Å². The lowest BCUT2D eigenvalue weighted by Crippen LogP contribution is -2.54. The van der Waals surface area contributed by atoms with Gasteiger partial charge in [-0.15, -0.1) is 0 Å². The fraction of sp³-hybridized carbons (Fsp3) is 0.833.